The molecule has 1 aromatic carbocycles. The first-order valence-electron chi connectivity index (χ1n) is 5.34. The van der Waals surface area contributed by atoms with Gasteiger partial charge in [0.25, 0.3) is 10.0 Å². The van der Waals surface area contributed by atoms with Gasteiger partial charge in [0.2, 0.25) is 0 Å². The zero-order valence-electron chi connectivity index (χ0n) is 10.2. The molecular formula is C11H10ClN3O4S. The maximum atomic E-state index is 12.1. The van der Waals surface area contributed by atoms with Crippen LogP contribution >= 0.6 is 11.6 Å². The number of hydrogen-bond donors (Lipinski definition) is 2. The van der Waals surface area contributed by atoms with Crippen molar-refractivity contribution in [1.29, 1.82) is 0 Å². The minimum Gasteiger partial charge on any atom is -0.478 e. The molecule has 2 N–H and O–H groups in total. The highest BCUT2D eigenvalue weighted by Crippen LogP contribution is 2.22. The van der Waals surface area contributed by atoms with E-state index in [9.17, 15) is 13.2 Å². The van der Waals surface area contributed by atoms with Crippen molar-refractivity contribution in [2.24, 2.45) is 7.05 Å². The summed E-state index contributed by atoms with van der Waals surface area (Å²) in [5.41, 5.74) is 0.137. The van der Waals surface area contributed by atoms with Gasteiger partial charge in [-0.1, -0.05) is 11.6 Å². The van der Waals surface area contributed by atoms with E-state index in [1.165, 1.54) is 23.1 Å². The fourth-order valence-corrected chi connectivity index (χ4v) is 2.90. The number of nitrogens with zero attached hydrogens (tertiary/aromatic N) is 2. The lowest BCUT2D eigenvalue weighted by Gasteiger charge is -2.07. The van der Waals surface area contributed by atoms with Gasteiger partial charge in [0, 0.05) is 13.2 Å². The smallest absolute Gasteiger partial charge is 0.337 e. The van der Waals surface area contributed by atoms with Crippen LogP contribution in [-0.2, 0) is 17.1 Å². The molecule has 7 nitrogen and oxygen atoms in total. The number of hydrogen-bond acceptors (Lipinski definition) is 4. The van der Waals surface area contributed by atoms with E-state index >= 15 is 0 Å². The molecule has 106 valence electrons. The number of sulfonamides is 1. The van der Waals surface area contributed by atoms with Crippen molar-refractivity contribution in [3.63, 3.8) is 0 Å². The lowest BCUT2D eigenvalue weighted by molar-refractivity contribution is 0.0697. The van der Waals surface area contributed by atoms with E-state index < -0.39 is 16.0 Å². The van der Waals surface area contributed by atoms with Gasteiger partial charge in [0.05, 0.1) is 27.4 Å². The molecule has 2 rings (SSSR count). The first kappa shape index (κ1) is 14.4. The van der Waals surface area contributed by atoms with Crippen molar-refractivity contribution in [2.45, 2.75) is 4.90 Å². The first-order valence-corrected chi connectivity index (χ1v) is 7.20. The van der Waals surface area contributed by atoms with Crippen molar-refractivity contribution < 1.29 is 18.3 Å². The number of anilines is 1. The van der Waals surface area contributed by atoms with Gasteiger partial charge >= 0.3 is 5.97 Å². The number of nitrogens with one attached hydrogen (secondary N) is 1. The van der Waals surface area contributed by atoms with Gasteiger partial charge in [-0.2, -0.15) is 5.10 Å². The van der Waals surface area contributed by atoms with Gasteiger partial charge in [-0.3, -0.25) is 9.40 Å². The van der Waals surface area contributed by atoms with Crippen molar-refractivity contribution >= 4 is 33.3 Å². The standard InChI is InChI=1S/C11H10ClN3O4S/c1-15-6-7(5-13-15)14-20(18,19)8-2-3-9(11(16)17)10(12)4-8/h2-6,14H,1H3,(H,16,17). The van der Waals surface area contributed by atoms with E-state index in [-0.39, 0.29) is 15.5 Å². The predicted molar refractivity (Wildman–Crippen MR) is 72.4 cm³/mol. The Hall–Kier alpha value is -2.06. The normalized spacial score (nSPS) is 11.3. The van der Waals surface area contributed by atoms with Crippen LogP contribution < -0.4 is 4.72 Å². The number of benzene rings is 1. The molecule has 0 saturated heterocycles. The van der Waals surface area contributed by atoms with E-state index in [0.29, 0.717) is 5.69 Å². The number of aryl methyl sites for hydroxylation is 1. The largest absolute Gasteiger partial charge is 0.478 e. The lowest BCUT2D eigenvalue weighted by atomic mass is 10.2. The third-order valence-corrected chi connectivity index (χ3v) is 4.13. The number of halogens is 1. The predicted octanol–water partition coefficient (Wildman–Crippen LogP) is 1.57. The Morgan fingerprint density at radius 2 is 2.15 bits per heavy atom. The molecule has 0 spiro atoms. The van der Waals surface area contributed by atoms with E-state index in [2.05, 4.69) is 9.82 Å². The van der Waals surface area contributed by atoms with E-state index in [4.69, 9.17) is 16.7 Å². The van der Waals surface area contributed by atoms with Crippen LogP contribution in [0.1, 0.15) is 10.4 Å². The van der Waals surface area contributed by atoms with E-state index in [0.717, 1.165) is 12.1 Å². The molecule has 9 heteroatoms. The second-order valence-electron chi connectivity index (χ2n) is 3.95. The Balaban J connectivity index is 2.35. The molecule has 0 aliphatic rings. The maximum absolute atomic E-state index is 12.1. The van der Waals surface area contributed by atoms with Gasteiger partial charge < -0.3 is 5.11 Å². The molecule has 20 heavy (non-hydrogen) atoms. The summed E-state index contributed by atoms with van der Waals surface area (Å²) >= 11 is 5.75. The van der Waals surface area contributed by atoms with Gasteiger partial charge in [-0.05, 0) is 18.2 Å². The Labute approximate surface area is 119 Å². The highest BCUT2D eigenvalue weighted by molar-refractivity contribution is 7.92. The quantitative estimate of drug-likeness (QED) is 0.891. The van der Waals surface area contributed by atoms with Crippen LogP contribution in [0.4, 0.5) is 5.69 Å². The number of carbonyl (C=O) groups is 1. The molecule has 0 saturated carbocycles. The molecule has 0 aliphatic carbocycles. The molecule has 0 atom stereocenters. The summed E-state index contributed by atoms with van der Waals surface area (Å²) in [7, 11) is -2.20. The summed E-state index contributed by atoms with van der Waals surface area (Å²) in [5, 5.41) is 12.5. The third-order valence-electron chi connectivity index (χ3n) is 2.44. The van der Waals surface area contributed by atoms with Crippen LogP contribution in [0.3, 0.4) is 0 Å². The minimum absolute atomic E-state index is 0.128. The summed E-state index contributed by atoms with van der Waals surface area (Å²) in [6.07, 6.45) is 2.84. The summed E-state index contributed by atoms with van der Waals surface area (Å²) < 4.78 is 27.9. The average Bonchev–Trinajstić information content (AvgIpc) is 2.73. The molecule has 0 radical (unpaired) electrons. The fraction of sp³-hybridized carbons (Fsp3) is 0.0909. The molecule has 1 heterocycles. The first-order chi connectivity index (χ1) is 9.29. The van der Waals surface area contributed by atoms with Gasteiger partial charge in [0.1, 0.15) is 0 Å². The van der Waals surface area contributed by atoms with Crippen LogP contribution in [0.15, 0.2) is 35.5 Å². The Morgan fingerprint density at radius 1 is 1.45 bits per heavy atom. The summed E-state index contributed by atoms with van der Waals surface area (Å²) in [6.45, 7) is 0. The second-order valence-corrected chi connectivity index (χ2v) is 6.04. The molecule has 0 aliphatic heterocycles. The Kier molecular flexibility index (Phi) is 3.69. The van der Waals surface area contributed by atoms with Crippen LogP contribution in [0, 0.1) is 0 Å². The molecule has 0 unspecified atom stereocenters. The van der Waals surface area contributed by atoms with E-state index in [1.807, 2.05) is 0 Å². The molecule has 1 aromatic heterocycles. The molecular weight excluding hydrogens is 306 g/mol. The van der Waals surface area contributed by atoms with Crippen LogP contribution in [0.5, 0.6) is 0 Å². The number of rotatable bonds is 4. The van der Waals surface area contributed by atoms with Crippen LogP contribution in [-0.4, -0.2) is 29.3 Å². The van der Waals surface area contributed by atoms with Gasteiger partial charge in [-0.15, -0.1) is 0 Å². The third kappa shape index (κ3) is 2.91. The topological polar surface area (TPSA) is 101 Å². The highest BCUT2D eigenvalue weighted by atomic mass is 35.5. The zero-order chi connectivity index (χ0) is 14.9. The number of aromatic nitrogens is 2. The van der Waals surface area contributed by atoms with Crippen molar-refractivity contribution in [1.82, 2.24) is 9.78 Å². The number of carboxylic acids is 1. The zero-order valence-corrected chi connectivity index (χ0v) is 11.8. The molecule has 2 aromatic rings. The summed E-state index contributed by atoms with van der Waals surface area (Å²) in [4.78, 5) is 10.7. The van der Waals surface area contributed by atoms with E-state index in [1.54, 1.807) is 7.05 Å². The molecule has 0 bridgehead atoms. The second kappa shape index (κ2) is 5.14. The van der Waals surface area contributed by atoms with Gasteiger partial charge in [-0.25, -0.2) is 13.2 Å². The van der Waals surface area contributed by atoms with Crippen LogP contribution in [0.25, 0.3) is 0 Å². The Bertz CT molecular complexity index is 770. The van der Waals surface area contributed by atoms with Crippen molar-refractivity contribution in [3.05, 3.63) is 41.2 Å². The Morgan fingerprint density at radius 3 is 2.65 bits per heavy atom. The lowest BCUT2D eigenvalue weighted by Crippen LogP contribution is -2.13. The number of aromatic carboxylic acids is 1. The maximum Gasteiger partial charge on any atom is 0.337 e. The fourth-order valence-electron chi connectivity index (χ4n) is 1.52. The average molecular weight is 316 g/mol. The SMILES string of the molecule is Cn1cc(NS(=O)(=O)c2ccc(C(=O)O)c(Cl)c2)cn1. The monoisotopic (exact) mass is 315 g/mol. The highest BCUT2D eigenvalue weighted by Gasteiger charge is 2.18. The number of carboxylic acid groups (broad SMARTS) is 1. The van der Waals surface area contributed by atoms with Crippen LogP contribution in [0.2, 0.25) is 5.02 Å². The minimum atomic E-state index is -3.85. The summed E-state index contributed by atoms with van der Waals surface area (Å²) in [5.74, 6) is -1.22. The van der Waals surface area contributed by atoms with Crippen molar-refractivity contribution in [3.8, 4) is 0 Å². The van der Waals surface area contributed by atoms with Gasteiger partial charge in [0.15, 0.2) is 0 Å². The molecule has 0 fully saturated rings. The molecule has 0 amide bonds. The summed E-state index contributed by atoms with van der Waals surface area (Å²) in [6, 6.07) is 3.40. The van der Waals surface area contributed by atoms with Crippen molar-refractivity contribution in [2.75, 3.05) is 4.72 Å².